The average Bonchev–Trinajstić information content (AvgIpc) is 2.65. The van der Waals surface area contributed by atoms with Crippen LogP contribution < -0.4 is 17.0 Å². The van der Waals surface area contributed by atoms with Crippen molar-refractivity contribution >= 4 is 0 Å². The van der Waals surface area contributed by atoms with E-state index in [0.717, 1.165) is 0 Å². The number of nitrogens with two attached hydrogens (primary N) is 1. The Morgan fingerprint density at radius 1 is 1.61 bits per heavy atom. The highest BCUT2D eigenvalue weighted by molar-refractivity contribution is 4.95. The molecule has 0 saturated carbocycles. The smallest absolute Gasteiger partial charge is 0.330 e. The Balaban J connectivity index is 2.38. The van der Waals surface area contributed by atoms with Gasteiger partial charge < -0.3 is 20.3 Å². The molecule has 1 aromatic heterocycles. The predicted octanol–water partition coefficient (Wildman–Crippen LogP) is -2.23. The number of aliphatic hydroxyl groups is 1. The van der Waals surface area contributed by atoms with Gasteiger partial charge in [0.05, 0.1) is 12.6 Å². The zero-order valence-electron chi connectivity index (χ0n) is 9.78. The van der Waals surface area contributed by atoms with Crippen LogP contribution in [0.2, 0.25) is 0 Å². The molecule has 0 aromatic carbocycles. The van der Waals surface area contributed by atoms with Gasteiger partial charge in [0.15, 0.2) is 6.23 Å². The molecule has 1 aromatic rings. The summed E-state index contributed by atoms with van der Waals surface area (Å²) in [5.74, 6) is 0. The van der Waals surface area contributed by atoms with Crippen molar-refractivity contribution in [3.05, 3.63) is 33.1 Å². The molecule has 18 heavy (non-hydrogen) atoms. The molecule has 4 atom stereocenters. The Morgan fingerprint density at radius 3 is 2.89 bits per heavy atom. The second-order valence-electron chi connectivity index (χ2n) is 4.04. The lowest BCUT2D eigenvalue weighted by Gasteiger charge is -2.20. The van der Waals surface area contributed by atoms with Crippen LogP contribution in [0.3, 0.4) is 0 Å². The maximum atomic E-state index is 11.7. The fourth-order valence-electron chi connectivity index (χ4n) is 2.04. The lowest BCUT2D eigenvalue weighted by Crippen LogP contribution is -2.43. The zero-order chi connectivity index (χ0) is 13.3. The summed E-state index contributed by atoms with van der Waals surface area (Å²) >= 11 is 0. The van der Waals surface area contributed by atoms with E-state index in [-0.39, 0.29) is 6.61 Å². The number of aromatic amines is 1. The van der Waals surface area contributed by atoms with Crippen LogP contribution in [0.15, 0.2) is 21.9 Å². The van der Waals surface area contributed by atoms with Gasteiger partial charge in [-0.3, -0.25) is 14.3 Å². The number of hydrogen-bond acceptors (Lipinski definition) is 6. The molecular weight excluding hydrogens is 242 g/mol. The molecule has 1 aliphatic heterocycles. The van der Waals surface area contributed by atoms with Gasteiger partial charge in [-0.05, 0) is 0 Å². The van der Waals surface area contributed by atoms with Crippen molar-refractivity contribution in [2.45, 2.75) is 24.5 Å². The molecule has 0 amide bonds. The Kier molecular flexibility index (Phi) is 3.62. The zero-order valence-corrected chi connectivity index (χ0v) is 9.78. The predicted molar refractivity (Wildman–Crippen MR) is 61.1 cm³/mol. The fraction of sp³-hybridized carbons (Fsp3) is 0.600. The van der Waals surface area contributed by atoms with Gasteiger partial charge >= 0.3 is 5.69 Å². The van der Waals surface area contributed by atoms with Crippen molar-refractivity contribution in [3.63, 3.8) is 0 Å². The van der Waals surface area contributed by atoms with Gasteiger partial charge in [-0.15, -0.1) is 0 Å². The third kappa shape index (κ3) is 2.10. The minimum Gasteiger partial charge on any atom is -0.394 e. The molecule has 8 heteroatoms. The van der Waals surface area contributed by atoms with Gasteiger partial charge in [0.1, 0.15) is 12.2 Å². The molecule has 1 aliphatic rings. The average molecular weight is 257 g/mol. The molecule has 0 bridgehead atoms. The van der Waals surface area contributed by atoms with Crippen LogP contribution in [-0.2, 0) is 9.47 Å². The van der Waals surface area contributed by atoms with Crippen LogP contribution in [0, 0.1) is 0 Å². The highest BCUT2D eigenvalue weighted by Crippen LogP contribution is 2.28. The van der Waals surface area contributed by atoms with Crippen LogP contribution in [0.4, 0.5) is 0 Å². The topological polar surface area (TPSA) is 120 Å². The lowest BCUT2D eigenvalue weighted by atomic mass is 10.1. The molecule has 0 unspecified atom stereocenters. The molecular formula is C10H15N3O5. The SMILES string of the molecule is CO[C@@H]1[C@H](N)[C@@H](CO)O[C@H]1n1ccc(=O)[nH]c1=O. The first-order valence-corrected chi connectivity index (χ1v) is 5.44. The Morgan fingerprint density at radius 2 is 2.33 bits per heavy atom. The summed E-state index contributed by atoms with van der Waals surface area (Å²) < 4.78 is 11.9. The van der Waals surface area contributed by atoms with E-state index >= 15 is 0 Å². The monoisotopic (exact) mass is 257 g/mol. The Bertz CT molecular complexity index is 525. The van der Waals surface area contributed by atoms with E-state index in [1.807, 2.05) is 0 Å². The molecule has 0 aliphatic carbocycles. The highest BCUT2D eigenvalue weighted by atomic mass is 16.6. The van der Waals surface area contributed by atoms with E-state index in [1.54, 1.807) is 0 Å². The number of hydrogen-bond donors (Lipinski definition) is 3. The molecule has 1 saturated heterocycles. The number of aromatic nitrogens is 2. The van der Waals surface area contributed by atoms with Crippen LogP contribution in [0.5, 0.6) is 0 Å². The van der Waals surface area contributed by atoms with E-state index < -0.39 is 35.7 Å². The second kappa shape index (κ2) is 5.02. The van der Waals surface area contributed by atoms with Crippen molar-refractivity contribution in [2.75, 3.05) is 13.7 Å². The maximum absolute atomic E-state index is 11.7. The Hall–Kier alpha value is -1.48. The first-order chi connectivity index (χ1) is 8.58. The fourth-order valence-corrected chi connectivity index (χ4v) is 2.04. The van der Waals surface area contributed by atoms with Crippen LogP contribution in [0.25, 0.3) is 0 Å². The minimum atomic E-state index is -0.772. The van der Waals surface area contributed by atoms with Crippen molar-refractivity contribution in [1.29, 1.82) is 0 Å². The number of nitrogens with one attached hydrogen (secondary N) is 1. The van der Waals surface area contributed by atoms with Crippen molar-refractivity contribution in [3.8, 4) is 0 Å². The van der Waals surface area contributed by atoms with Crippen LogP contribution in [0.1, 0.15) is 6.23 Å². The second-order valence-corrected chi connectivity index (χ2v) is 4.04. The summed E-state index contributed by atoms with van der Waals surface area (Å²) in [6.45, 7) is -0.268. The van der Waals surface area contributed by atoms with E-state index in [4.69, 9.17) is 20.3 Å². The van der Waals surface area contributed by atoms with Crippen LogP contribution in [-0.4, -0.2) is 46.6 Å². The summed E-state index contributed by atoms with van der Waals surface area (Å²) in [5.41, 5.74) is 4.75. The van der Waals surface area contributed by atoms with Gasteiger partial charge in [-0.2, -0.15) is 0 Å². The summed E-state index contributed by atoms with van der Waals surface area (Å²) in [6.07, 6.45) is -0.652. The lowest BCUT2D eigenvalue weighted by molar-refractivity contribution is -0.0625. The molecule has 100 valence electrons. The molecule has 1 fully saturated rings. The first-order valence-electron chi connectivity index (χ1n) is 5.44. The van der Waals surface area contributed by atoms with Gasteiger partial charge in [0.2, 0.25) is 0 Å². The van der Waals surface area contributed by atoms with E-state index in [1.165, 1.54) is 23.9 Å². The molecule has 2 heterocycles. The van der Waals surface area contributed by atoms with Crippen molar-refractivity contribution in [1.82, 2.24) is 9.55 Å². The molecule has 0 radical (unpaired) electrons. The minimum absolute atomic E-state index is 0.268. The third-order valence-electron chi connectivity index (χ3n) is 2.98. The van der Waals surface area contributed by atoms with Gasteiger partial charge in [-0.25, -0.2) is 4.79 Å². The van der Waals surface area contributed by atoms with E-state index in [0.29, 0.717) is 0 Å². The summed E-state index contributed by atoms with van der Waals surface area (Å²) in [5, 5.41) is 9.12. The summed E-state index contributed by atoms with van der Waals surface area (Å²) in [4.78, 5) is 24.8. The van der Waals surface area contributed by atoms with Crippen LogP contribution >= 0.6 is 0 Å². The number of nitrogens with zero attached hydrogens (tertiary/aromatic N) is 1. The molecule has 8 nitrogen and oxygen atoms in total. The van der Waals surface area contributed by atoms with E-state index in [2.05, 4.69) is 4.98 Å². The maximum Gasteiger partial charge on any atom is 0.330 e. The largest absolute Gasteiger partial charge is 0.394 e. The van der Waals surface area contributed by atoms with Gasteiger partial charge in [-0.1, -0.05) is 0 Å². The first kappa shape index (κ1) is 13.0. The van der Waals surface area contributed by atoms with Gasteiger partial charge in [0.25, 0.3) is 5.56 Å². The molecule has 2 rings (SSSR count). The standard InChI is InChI=1S/C10H15N3O5/c1-17-8-7(11)5(4-14)18-9(8)13-3-2-6(15)12-10(13)16/h2-3,5,7-9,14H,4,11H2,1H3,(H,12,15,16)/t5-,7-,8-,9-/m1/s1. The number of methoxy groups -OCH3 is 1. The van der Waals surface area contributed by atoms with Crippen molar-refractivity contribution < 1.29 is 14.6 Å². The normalized spacial score (nSPS) is 31.7. The number of aliphatic hydroxyl groups excluding tert-OH is 1. The Labute approximate surface area is 102 Å². The number of ether oxygens (including phenoxy) is 2. The van der Waals surface area contributed by atoms with E-state index in [9.17, 15) is 9.59 Å². The quantitative estimate of drug-likeness (QED) is 0.563. The highest BCUT2D eigenvalue weighted by Gasteiger charge is 2.43. The third-order valence-corrected chi connectivity index (χ3v) is 2.98. The number of rotatable bonds is 3. The van der Waals surface area contributed by atoms with Gasteiger partial charge in [0, 0.05) is 19.4 Å². The van der Waals surface area contributed by atoms with Crippen molar-refractivity contribution in [2.24, 2.45) is 5.73 Å². The summed E-state index contributed by atoms with van der Waals surface area (Å²) in [6, 6.07) is 0.652. The summed E-state index contributed by atoms with van der Waals surface area (Å²) in [7, 11) is 1.44. The molecule has 0 spiro atoms. The number of H-pyrrole nitrogens is 1. The molecule has 4 N–H and O–H groups in total.